The van der Waals surface area contributed by atoms with E-state index in [1.807, 2.05) is 6.92 Å². The van der Waals surface area contributed by atoms with Crippen LogP contribution >= 0.6 is 0 Å². The van der Waals surface area contributed by atoms with E-state index in [1.54, 1.807) is 36.4 Å². The molecule has 0 spiro atoms. The summed E-state index contributed by atoms with van der Waals surface area (Å²) in [6.07, 6.45) is 0.769. The number of rotatable bonds is 4. The van der Waals surface area contributed by atoms with Crippen molar-refractivity contribution in [2.24, 2.45) is 0 Å². The summed E-state index contributed by atoms with van der Waals surface area (Å²) in [6, 6.07) is 10.2. The van der Waals surface area contributed by atoms with Crippen molar-refractivity contribution in [2.45, 2.75) is 19.9 Å². The number of carbonyl (C=O) groups excluding carboxylic acids is 1. The second kappa shape index (κ2) is 5.40. The number of carbonyl (C=O) groups is 1. The number of hydrogen-bond acceptors (Lipinski definition) is 3. The third kappa shape index (κ3) is 2.91. The van der Waals surface area contributed by atoms with Crippen molar-refractivity contribution in [3.63, 3.8) is 0 Å². The summed E-state index contributed by atoms with van der Waals surface area (Å²) in [5, 5.41) is 11.9. The first-order chi connectivity index (χ1) is 8.69. The number of hydrogen-bond donors (Lipinski definition) is 2. The fourth-order valence-corrected chi connectivity index (χ4v) is 1.57. The van der Waals surface area contributed by atoms with Gasteiger partial charge in [0.1, 0.15) is 11.5 Å². The zero-order valence-electron chi connectivity index (χ0n) is 10.1. The van der Waals surface area contributed by atoms with E-state index < -0.39 is 0 Å². The summed E-state index contributed by atoms with van der Waals surface area (Å²) in [5.74, 6) is 1.10. The molecule has 4 heteroatoms. The third-order valence-corrected chi connectivity index (χ3v) is 2.62. The van der Waals surface area contributed by atoms with Gasteiger partial charge >= 0.3 is 0 Å². The van der Waals surface area contributed by atoms with Crippen molar-refractivity contribution in [3.05, 3.63) is 53.5 Å². The molecule has 0 aliphatic carbocycles. The first kappa shape index (κ1) is 12.2. The zero-order valence-corrected chi connectivity index (χ0v) is 10.1. The first-order valence-corrected chi connectivity index (χ1v) is 5.84. The van der Waals surface area contributed by atoms with Gasteiger partial charge in [0.05, 0.1) is 0 Å². The van der Waals surface area contributed by atoms with E-state index in [4.69, 9.17) is 9.52 Å². The molecule has 0 aliphatic rings. The minimum absolute atomic E-state index is 0.212. The molecular weight excluding hydrogens is 230 g/mol. The van der Waals surface area contributed by atoms with Gasteiger partial charge in [-0.3, -0.25) is 4.79 Å². The lowest BCUT2D eigenvalue weighted by molar-refractivity contribution is 0.0921. The van der Waals surface area contributed by atoms with Gasteiger partial charge in [0.15, 0.2) is 5.76 Å². The lowest BCUT2D eigenvalue weighted by Crippen LogP contribution is -2.22. The molecule has 0 radical (unpaired) electrons. The van der Waals surface area contributed by atoms with Crippen molar-refractivity contribution >= 4 is 5.91 Å². The summed E-state index contributed by atoms with van der Waals surface area (Å²) in [4.78, 5) is 11.8. The molecule has 18 heavy (non-hydrogen) atoms. The predicted molar refractivity (Wildman–Crippen MR) is 67.4 cm³/mol. The highest BCUT2D eigenvalue weighted by Crippen LogP contribution is 2.11. The van der Waals surface area contributed by atoms with Crippen LogP contribution in [0.4, 0.5) is 0 Å². The smallest absolute Gasteiger partial charge is 0.287 e. The Morgan fingerprint density at radius 1 is 1.22 bits per heavy atom. The molecule has 2 aromatic rings. The van der Waals surface area contributed by atoms with Crippen LogP contribution in [-0.4, -0.2) is 11.0 Å². The van der Waals surface area contributed by atoms with Crippen LogP contribution < -0.4 is 5.32 Å². The molecule has 2 N–H and O–H groups in total. The average Bonchev–Trinajstić information content (AvgIpc) is 2.86. The molecule has 1 amide bonds. The van der Waals surface area contributed by atoms with Crippen LogP contribution in [0.2, 0.25) is 0 Å². The van der Waals surface area contributed by atoms with Crippen LogP contribution in [-0.2, 0) is 13.0 Å². The second-order valence-corrected chi connectivity index (χ2v) is 3.97. The van der Waals surface area contributed by atoms with E-state index in [0.29, 0.717) is 12.3 Å². The van der Waals surface area contributed by atoms with Gasteiger partial charge in [-0.2, -0.15) is 0 Å². The maximum atomic E-state index is 11.8. The Bertz CT molecular complexity index is 528. The van der Waals surface area contributed by atoms with Gasteiger partial charge in [-0.25, -0.2) is 0 Å². The predicted octanol–water partition coefficient (Wildman–Crippen LogP) is 2.48. The van der Waals surface area contributed by atoms with Crippen molar-refractivity contribution in [3.8, 4) is 5.75 Å². The van der Waals surface area contributed by atoms with Crippen LogP contribution in [0.15, 0.2) is 40.8 Å². The van der Waals surface area contributed by atoms with E-state index >= 15 is 0 Å². The zero-order chi connectivity index (χ0) is 13.0. The number of phenolic OH excluding ortho intramolecular Hbond substituents is 1. The maximum Gasteiger partial charge on any atom is 0.287 e. The molecule has 2 rings (SSSR count). The first-order valence-electron chi connectivity index (χ1n) is 5.84. The fraction of sp³-hybridized carbons (Fsp3) is 0.214. The molecule has 0 atom stereocenters. The second-order valence-electron chi connectivity index (χ2n) is 3.97. The summed E-state index contributed by atoms with van der Waals surface area (Å²) in [7, 11) is 0. The van der Waals surface area contributed by atoms with Crippen LogP contribution in [0, 0.1) is 0 Å². The van der Waals surface area contributed by atoms with Crippen molar-refractivity contribution in [1.29, 1.82) is 0 Å². The highest BCUT2D eigenvalue weighted by molar-refractivity contribution is 5.91. The Morgan fingerprint density at radius 3 is 2.56 bits per heavy atom. The Kier molecular flexibility index (Phi) is 3.67. The number of nitrogens with one attached hydrogen (secondary N) is 1. The molecule has 1 heterocycles. The number of amides is 1. The van der Waals surface area contributed by atoms with Gasteiger partial charge in [0.25, 0.3) is 5.91 Å². The van der Waals surface area contributed by atoms with E-state index in [1.165, 1.54) is 0 Å². The van der Waals surface area contributed by atoms with Gasteiger partial charge in [0.2, 0.25) is 0 Å². The Labute approximate surface area is 105 Å². The number of aryl methyl sites for hydroxylation is 1. The quantitative estimate of drug-likeness (QED) is 0.869. The molecule has 0 aliphatic heterocycles. The van der Waals surface area contributed by atoms with Gasteiger partial charge in [-0.05, 0) is 29.8 Å². The van der Waals surface area contributed by atoms with Gasteiger partial charge in [-0.1, -0.05) is 19.1 Å². The van der Waals surface area contributed by atoms with E-state index in [2.05, 4.69) is 5.32 Å². The largest absolute Gasteiger partial charge is 0.508 e. The summed E-state index contributed by atoms with van der Waals surface area (Å²) in [6.45, 7) is 2.37. The Hall–Kier alpha value is -2.23. The van der Waals surface area contributed by atoms with Crippen molar-refractivity contribution in [1.82, 2.24) is 5.32 Å². The fourth-order valence-electron chi connectivity index (χ4n) is 1.57. The van der Waals surface area contributed by atoms with Gasteiger partial charge in [0, 0.05) is 13.0 Å². The molecule has 0 fully saturated rings. The molecule has 1 aromatic heterocycles. The highest BCUT2D eigenvalue weighted by Gasteiger charge is 2.09. The molecular formula is C14H15NO3. The Morgan fingerprint density at radius 2 is 1.94 bits per heavy atom. The Balaban J connectivity index is 1.93. The third-order valence-electron chi connectivity index (χ3n) is 2.62. The van der Waals surface area contributed by atoms with E-state index in [-0.39, 0.29) is 11.7 Å². The van der Waals surface area contributed by atoms with Crippen LogP contribution in [0.3, 0.4) is 0 Å². The monoisotopic (exact) mass is 245 g/mol. The molecule has 1 aromatic carbocycles. The minimum Gasteiger partial charge on any atom is -0.508 e. The molecule has 4 nitrogen and oxygen atoms in total. The van der Waals surface area contributed by atoms with E-state index in [9.17, 15) is 4.79 Å². The number of furan rings is 1. The van der Waals surface area contributed by atoms with Crippen molar-refractivity contribution < 1.29 is 14.3 Å². The van der Waals surface area contributed by atoms with Crippen LogP contribution in [0.1, 0.15) is 28.8 Å². The molecule has 0 bridgehead atoms. The van der Waals surface area contributed by atoms with Crippen LogP contribution in [0.25, 0.3) is 0 Å². The molecule has 0 unspecified atom stereocenters. The minimum atomic E-state index is -0.234. The summed E-state index contributed by atoms with van der Waals surface area (Å²) in [5.41, 5.74) is 0.920. The summed E-state index contributed by atoms with van der Waals surface area (Å²) >= 11 is 0. The standard InChI is InChI=1S/C14H15NO3/c1-2-12-7-8-13(18-12)14(17)15-9-10-3-5-11(16)6-4-10/h3-8,16H,2,9H2,1H3,(H,15,17). The SMILES string of the molecule is CCc1ccc(C(=O)NCc2ccc(O)cc2)o1. The number of phenols is 1. The molecule has 94 valence electrons. The lowest BCUT2D eigenvalue weighted by Gasteiger charge is -2.03. The molecule has 0 saturated heterocycles. The molecule has 0 saturated carbocycles. The normalized spacial score (nSPS) is 10.3. The maximum absolute atomic E-state index is 11.8. The average molecular weight is 245 g/mol. The number of aromatic hydroxyl groups is 1. The van der Waals surface area contributed by atoms with Crippen molar-refractivity contribution in [2.75, 3.05) is 0 Å². The summed E-state index contributed by atoms with van der Waals surface area (Å²) < 4.78 is 5.35. The highest BCUT2D eigenvalue weighted by atomic mass is 16.3. The van der Waals surface area contributed by atoms with Crippen LogP contribution in [0.5, 0.6) is 5.75 Å². The lowest BCUT2D eigenvalue weighted by atomic mass is 10.2. The topological polar surface area (TPSA) is 62.5 Å². The van der Waals surface area contributed by atoms with Gasteiger partial charge < -0.3 is 14.8 Å². The van der Waals surface area contributed by atoms with E-state index in [0.717, 1.165) is 17.7 Å². The van der Waals surface area contributed by atoms with Gasteiger partial charge in [-0.15, -0.1) is 0 Å². The number of benzene rings is 1.